The Hall–Kier alpha value is -3.99. The molecule has 0 aliphatic rings. The van der Waals surface area contributed by atoms with E-state index in [0.29, 0.717) is 17.2 Å². The number of methoxy groups -OCH3 is 2. The molecule has 1 N–H and O–H groups in total. The number of anilines is 2. The molecule has 0 saturated carbocycles. The molecule has 0 amide bonds. The summed E-state index contributed by atoms with van der Waals surface area (Å²) in [5, 5.41) is 8.64. The summed E-state index contributed by atoms with van der Waals surface area (Å²) in [6.07, 6.45) is -3.12. The van der Waals surface area contributed by atoms with Crippen LogP contribution in [0.5, 0.6) is 17.2 Å². The topological polar surface area (TPSA) is 69.9 Å². The summed E-state index contributed by atoms with van der Waals surface area (Å²) in [5.41, 5.74) is 1.75. The molecular formula is C23H17F3N4O3S. The summed E-state index contributed by atoms with van der Waals surface area (Å²) >= 11 is 1.56. The van der Waals surface area contributed by atoms with Crippen LogP contribution in [0.4, 0.5) is 24.7 Å². The molecule has 0 saturated heterocycles. The number of nitrogens with one attached hydrogen (secondary N) is 1. The van der Waals surface area contributed by atoms with E-state index in [1.54, 1.807) is 47.4 Å². The monoisotopic (exact) mass is 486 g/mol. The zero-order chi connectivity index (χ0) is 23.9. The van der Waals surface area contributed by atoms with Gasteiger partial charge in [-0.2, -0.15) is 0 Å². The van der Waals surface area contributed by atoms with Crippen LogP contribution in [0.25, 0.3) is 26.3 Å². The Morgan fingerprint density at radius 3 is 2.53 bits per heavy atom. The third-order valence-electron chi connectivity index (χ3n) is 5.00. The minimum absolute atomic E-state index is 0.0385. The largest absolute Gasteiger partial charge is 0.573 e. The molecule has 5 rings (SSSR count). The van der Waals surface area contributed by atoms with E-state index in [4.69, 9.17) is 9.47 Å². The second-order valence-electron chi connectivity index (χ2n) is 7.16. The van der Waals surface area contributed by atoms with E-state index in [-0.39, 0.29) is 5.75 Å². The van der Waals surface area contributed by atoms with Gasteiger partial charge in [0.2, 0.25) is 0 Å². The first kappa shape index (κ1) is 21.8. The normalized spacial score (nSPS) is 11.7. The Morgan fingerprint density at radius 2 is 1.76 bits per heavy atom. The van der Waals surface area contributed by atoms with Crippen molar-refractivity contribution in [3.8, 4) is 27.8 Å². The van der Waals surface area contributed by atoms with Crippen LogP contribution in [-0.4, -0.2) is 35.2 Å². The van der Waals surface area contributed by atoms with Gasteiger partial charge in [-0.15, -0.1) is 29.6 Å². The quantitative estimate of drug-likeness (QED) is 0.305. The zero-order valence-corrected chi connectivity index (χ0v) is 18.7. The number of aromatic nitrogens is 3. The Bertz CT molecular complexity index is 1500. The number of imidazole rings is 1. The van der Waals surface area contributed by atoms with Crippen LogP contribution >= 0.6 is 11.3 Å². The van der Waals surface area contributed by atoms with Gasteiger partial charge >= 0.3 is 6.36 Å². The van der Waals surface area contributed by atoms with Crippen LogP contribution in [0, 0.1) is 0 Å². The van der Waals surface area contributed by atoms with E-state index in [0.717, 1.165) is 26.4 Å². The highest BCUT2D eigenvalue weighted by molar-refractivity contribution is 7.22. The molecule has 2 aromatic carbocycles. The fraction of sp³-hybridized carbons (Fsp3) is 0.130. The summed E-state index contributed by atoms with van der Waals surface area (Å²) in [6.45, 7) is 0. The number of rotatable bonds is 6. The molecule has 3 aromatic heterocycles. The fourth-order valence-corrected chi connectivity index (χ4v) is 4.68. The van der Waals surface area contributed by atoms with Crippen LogP contribution in [0.15, 0.2) is 60.8 Å². The highest BCUT2D eigenvalue weighted by Crippen LogP contribution is 2.39. The smallest absolute Gasteiger partial charge is 0.495 e. The first-order valence-corrected chi connectivity index (χ1v) is 10.8. The van der Waals surface area contributed by atoms with Crippen LogP contribution in [-0.2, 0) is 0 Å². The number of hydrogen-bond acceptors (Lipinski definition) is 7. The number of alkyl halides is 3. The average molecular weight is 486 g/mol. The van der Waals surface area contributed by atoms with Gasteiger partial charge in [0, 0.05) is 11.8 Å². The van der Waals surface area contributed by atoms with Gasteiger partial charge in [0.15, 0.2) is 23.0 Å². The van der Waals surface area contributed by atoms with Crippen LogP contribution in [0.3, 0.4) is 0 Å². The number of fused-ring (bicyclic) bond motifs is 2. The van der Waals surface area contributed by atoms with Gasteiger partial charge in [-0.3, -0.25) is 0 Å². The van der Waals surface area contributed by atoms with Crippen molar-refractivity contribution in [3.63, 3.8) is 0 Å². The number of ether oxygens (including phenoxy) is 3. The summed E-state index contributed by atoms with van der Waals surface area (Å²) < 4.78 is 55.5. The summed E-state index contributed by atoms with van der Waals surface area (Å²) in [5.74, 6) is 0.704. The number of nitrogens with zero attached hydrogens (tertiary/aromatic N) is 3. The van der Waals surface area contributed by atoms with Gasteiger partial charge in [0.05, 0.1) is 30.0 Å². The molecule has 5 aromatic rings. The fourth-order valence-electron chi connectivity index (χ4n) is 3.54. The minimum Gasteiger partial charge on any atom is -0.495 e. The first-order valence-electron chi connectivity index (χ1n) is 9.97. The molecule has 0 aliphatic heterocycles. The molecule has 174 valence electrons. The Morgan fingerprint density at radius 1 is 0.941 bits per heavy atom. The summed E-state index contributed by atoms with van der Waals surface area (Å²) in [7, 11) is 2.90. The average Bonchev–Trinajstić information content (AvgIpc) is 3.41. The van der Waals surface area contributed by atoms with Crippen molar-refractivity contribution < 1.29 is 27.4 Å². The maximum absolute atomic E-state index is 12.8. The van der Waals surface area contributed by atoms with E-state index in [9.17, 15) is 13.2 Å². The third-order valence-corrected chi connectivity index (χ3v) is 6.19. The lowest BCUT2D eigenvalue weighted by Crippen LogP contribution is -2.17. The molecule has 0 aliphatic carbocycles. The number of thiophene rings is 1. The van der Waals surface area contributed by atoms with E-state index in [1.807, 2.05) is 24.3 Å². The number of hydrogen-bond donors (Lipinski definition) is 1. The maximum atomic E-state index is 12.8. The first-order chi connectivity index (χ1) is 16.3. The van der Waals surface area contributed by atoms with Crippen LogP contribution < -0.4 is 19.5 Å². The van der Waals surface area contributed by atoms with Gasteiger partial charge in [0.1, 0.15) is 11.4 Å². The lowest BCUT2D eigenvalue weighted by molar-refractivity contribution is -0.275. The lowest BCUT2D eigenvalue weighted by atomic mass is 10.2. The second-order valence-corrected chi connectivity index (χ2v) is 8.21. The summed E-state index contributed by atoms with van der Waals surface area (Å²) in [4.78, 5) is 5.37. The van der Waals surface area contributed by atoms with Gasteiger partial charge in [-0.25, -0.2) is 9.50 Å². The molecule has 0 radical (unpaired) electrons. The molecule has 0 atom stereocenters. The number of benzene rings is 2. The highest BCUT2D eigenvalue weighted by atomic mass is 32.1. The second kappa shape index (κ2) is 8.41. The van der Waals surface area contributed by atoms with Crippen LogP contribution in [0.2, 0.25) is 0 Å². The maximum Gasteiger partial charge on any atom is 0.573 e. The standard InChI is InChI=1S/C23H17F3N4O3S/c1-31-16-7-6-14(11-18(16)33-23(24,25)26)28-20-8-9-21-27-12-15(30(21)29-20)19-10-13-4-3-5-17(32-2)22(13)34-19/h3-12H,1-2H3,(H,28,29). The molecule has 34 heavy (non-hydrogen) atoms. The van der Waals surface area contributed by atoms with E-state index in [2.05, 4.69) is 20.1 Å². The predicted octanol–water partition coefficient (Wildman–Crippen LogP) is 6.27. The molecule has 7 nitrogen and oxygen atoms in total. The minimum atomic E-state index is -4.85. The van der Waals surface area contributed by atoms with Crippen molar-refractivity contribution in [2.24, 2.45) is 0 Å². The van der Waals surface area contributed by atoms with Crippen molar-refractivity contribution in [2.75, 3.05) is 19.5 Å². The number of halogens is 3. The molecule has 0 fully saturated rings. The Balaban J connectivity index is 1.50. The summed E-state index contributed by atoms with van der Waals surface area (Å²) in [6, 6.07) is 15.5. The SMILES string of the molecule is COc1ccc(Nc2ccc3ncc(-c4cc5cccc(OC)c5s4)n3n2)cc1OC(F)(F)F. The predicted molar refractivity (Wildman–Crippen MR) is 123 cm³/mol. The van der Waals surface area contributed by atoms with E-state index >= 15 is 0 Å². The van der Waals surface area contributed by atoms with Gasteiger partial charge in [-0.1, -0.05) is 12.1 Å². The lowest BCUT2D eigenvalue weighted by Gasteiger charge is -2.14. The molecule has 3 heterocycles. The van der Waals surface area contributed by atoms with Gasteiger partial charge in [0.25, 0.3) is 0 Å². The molecular weight excluding hydrogens is 469 g/mol. The van der Waals surface area contributed by atoms with Crippen molar-refractivity contribution >= 4 is 38.6 Å². The van der Waals surface area contributed by atoms with Gasteiger partial charge in [-0.05, 0) is 41.8 Å². The molecule has 0 spiro atoms. The highest BCUT2D eigenvalue weighted by Gasteiger charge is 2.32. The molecule has 0 bridgehead atoms. The third kappa shape index (κ3) is 4.17. The molecule has 0 unspecified atom stereocenters. The zero-order valence-electron chi connectivity index (χ0n) is 17.9. The van der Waals surface area contributed by atoms with Crippen molar-refractivity contribution in [1.29, 1.82) is 0 Å². The molecule has 11 heteroatoms. The van der Waals surface area contributed by atoms with Crippen molar-refractivity contribution in [1.82, 2.24) is 14.6 Å². The van der Waals surface area contributed by atoms with Crippen LogP contribution in [0.1, 0.15) is 0 Å². The van der Waals surface area contributed by atoms with Crippen molar-refractivity contribution in [2.45, 2.75) is 6.36 Å². The van der Waals surface area contributed by atoms with Gasteiger partial charge < -0.3 is 19.5 Å². The Kier molecular flexibility index (Phi) is 5.40. The Labute approximate surface area is 195 Å². The van der Waals surface area contributed by atoms with E-state index in [1.165, 1.54) is 19.2 Å². The van der Waals surface area contributed by atoms with Crippen molar-refractivity contribution in [3.05, 3.63) is 60.8 Å². The van der Waals surface area contributed by atoms with E-state index < -0.39 is 12.1 Å².